The fourth-order valence-corrected chi connectivity index (χ4v) is 0. The molecule has 4 N–H and O–H groups in total. The standard InChI is InChI=1S/C2H8NO3P.Na.H/c1-2(3)7(4,5)6;;/h2H,3H2,1H3,(H2,4,5,6);;. The van der Waals surface area contributed by atoms with Crippen LogP contribution in [0.1, 0.15) is 6.92 Å². The fraction of sp³-hybridized carbons (Fsp3) is 1.00. The first kappa shape index (κ1) is 11.9. The molecule has 0 aliphatic heterocycles. The minimum absolute atomic E-state index is 0. The quantitative estimate of drug-likeness (QED) is 0.323. The van der Waals surface area contributed by atoms with Gasteiger partial charge in [0.25, 0.3) is 0 Å². The average Bonchev–Trinajstić information content (AvgIpc) is 1.31. The second-order valence-corrected chi connectivity index (χ2v) is 3.32. The molecule has 0 aliphatic carbocycles. The molecule has 0 spiro atoms. The van der Waals surface area contributed by atoms with E-state index in [9.17, 15) is 4.57 Å². The Bertz CT molecular complexity index is 99.5. The number of rotatable bonds is 1. The van der Waals surface area contributed by atoms with E-state index < -0.39 is 13.4 Å². The molecule has 0 aromatic carbocycles. The van der Waals surface area contributed by atoms with Crippen LogP contribution in [-0.4, -0.2) is 45.1 Å². The zero-order chi connectivity index (χ0) is 6.08. The molecule has 0 radical (unpaired) electrons. The Labute approximate surface area is 69.9 Å². The molecule has 0 saturated heterocycles. The summed E-state index contributed by atoms with van der Waals surface area (Å²) in [6, 6.07) is 0. The molecule has 0 saturated carbocycles. The molecule has 1 atom stereocenters. The van der Waals surface area contributed by atoms with Crippen LogP contribution >= 0.6 is 7.60 Å². The van der Waals surface area contributed by atoms with Crippen molar-refractivity contribution in [2.45, 2.75) is 12.7 Å². The molecule has 0 rings (SSSR count). The van der Waals surface area contributed by atoms with E-state index in [0.717, 1.165) is 0 Å². The normalized spacial score (nSPS) is 14.5. The third-order valence-corrected chi connectivity index (χ3v) is 1.59. The molecule has 0 heterocycles. The Balaban J connectivity index is 0. The summed E-state index contributed by atoms with van der Waals surface area (Å²) in [6.45, 7) is 1.26. The van der Waals surface area contributed by atoms with Crippen molar-refractivity contribution in [3.05, 3.63) is 0 Å². The van der Waals surface area contributed by atoms with Crippen LogP contribution in [0, 0.1) is 0 Å². The predicted octanol–water partition coefficient (Wildman–Crippen LogP) is -1.18. The van der Waals surface area contributed by atoms with Crippen molar-refractivity contribution in [2.24, 2.45) is 5.73 Å². The molecule has 8 heavy (non-hydrogen) atoms. The minimum atomic E-state index is -3.96. The van der Waals surface area contributed by atoms with E-state index in [0.29, 0.717) is 0 Å². The van der Waals surface area contributed by atoms with Crippen LogP contribution in [0.25, 0.3) is 0 Å². The molecule has 0 aromatic rings. The summed E-state index contributed by atoms with van der Waals surface area (Å²) >= 11 is 0. The summed E-state index contributed by atoms with van der Waals surface area (Å²) in [5.41, 5.74) is 4.81. The molecule has 0 fully saturated rings. The fourth-order valence-electron chi connectivity index (χ4n) is 0. The predicted molar refractivity (Wildman–Crippen MR) is 32.8 cm³/mol. The maximum atomic E-state index is 9.90. The topological polar surface area (TPSA) is 83.6 Å². The first-order valence-corrected chi connectivity index (χ1v) is 3.43. The Morgan fingerprint density at radius 1 is 1.62 bits per heavy atom. The number of hydrogen-bond donors (Lipinski definition) is 3. The van der Waals surface area contributed by atoms with E-state index in [2.05, 4.69) is 0 Å². The molecule has 46 valence electrons. The van der Waals surface area contributed by atoms with Crippen LogP contribution in [0.3, 0.4) is 0 Å². The Morgan fingerprint density at radius 3 is 1.75 bits per heavy atom. The average molecular weight is 149 g/mol. The SMILES string of the molecule is CC(N)P(=O)(O)O.[NaH]. The van der Waals surface area contributed by atoms with Gasteiger partial charge in [0.2, 0.25) is 0 Å². The summed E-state index contributed by atoms with van der Waals surface area (Å²) in [5, 5.41) is 0. The molecule has 6 heteroatoms. The van der Waals surface area contributed by atoms with Gasteiger partial charge in [-0.1, -0.05) is 0 Å². The number of hydrogen-bond acceptors (Lipinski definition) is 2. The van der Waals surface area contributed by atoms with Crippen molar-refractivity contribution in [1.29, 1.82) is 0 Å². The summed E-state index contributed by atoms with van der Waals surface area (Å²) in [6.07, 6.45) is 0. The van der Waals surface area contributed by atoms with Gasteiger partial charge in [0.15, 0.2) is 0 Å². The van der Waals surface area contributed by atoms with Gasteiger partial charge in [-0.25, -0.2) is 0 Å². The van der Waals surface area contributed by atoms with Crippen LogP contribution in [0.2, 0.25) is 0 Å². The van der Waals surface area contributed by atoms with E-state index in [-0.39, 0.29) is 29.6 Å². The number of nitrogens with two attached hydrogens (primary N) is 1. The maximum absolute atomic E-state index is 9.90. The molecular formula is C2H9NNaO3P. The Kier molecular flexibility index (Phi) is 5.94. The molecule has 0 aromatic heterocycles. The van der Waals surface area contributed by atoms with E-state index in [1.165, 1.54) is 6.92 Å². The molecule has 0 bridgehead atoms. The second-order valence-electron chi connectivity index (χ2n) is 1.33. The third kappa shape index (κ3) is 5.25. The summed E-state index contributed by atoms with van der Waals surface area (Å²) < 4.78 is 9.90. The molecule has 1 unspecified atom stereocenters. The molecule has 4 nitrogen and oxygen atoms in total. The summed E-state index contributed by atoms with van der Waals surface area (Å²) in [7, 11) is -3.96. The van der Waals surface area contributed by atoms with E-state index >= 15 is 0 Å². The molecular weight excluding hydrogens is 140 g/mol. The van der Waals surface area contributed by atoms with E-state index in [4.69, 9.17) is 15.5 Å². The van der Waals surface area contributed by atoms with Gasteiger partial charge in [-0.05, 0) is 6.92 Å². The molecule has 0 amide bonds. The van der Waals surface area contributed by atoms with Crippen LogP contribution < -0.4 is 5.73 Å². The first-order valence-electron chi connectivity index (χ1n) is 1.75. The van der Waals surface area contributed by atoms with Gasteiger partial charge in [-0.3, -0.25) is 4.57 Å². The van der Waals surface area contributed by atoms with Gasteiger partial charge in [-0.15, -0.1) is 0 Å². The van der Waals surface area contributed by atoms with Crippen molar-refractivity contribution >= 4 is 37.2 Å². The van der Waals surface area contributed by atoms with Gasteiger partial charge >= 0.3 is 37.2 Å². The second kappa shape index (κ2) is 4.01. The summed E-state index contributed by atoms with van der Waals surface area (Å²) in [5.74, 6) is -1.03. The van der Waals surface area contributed by atoms with Crippen molar-refractivity contribution in [1.82, 2.24) is 0 Å². The summed E-state index contributed by atoms with van der Waals surface area (Å²) in [4.78, 5) is 16.2. The van der Waals surface area contributed by atoms with Crippen molar-refractivity contribution < 1.29 is 14.4 Å². The van der Waals surface area contributed by atoms with E-state index in [1.807, 2.05) is 0 Å². The van der Waals surface area contributed by atoms with Crippen molar-refractivity contribution in [2.75, 3.05) is 0 Å². The third-order valence-electron chi connectivity index (χ3n) is 0.531. The molecule has 0 aliphatic rings. The monoisotopic (exact) mass is 149 g/mol. The van der Waals surface area contributed by atoms with Crippen LogP contribution in [0.5, 0.6) is 0 Å². The van der Waals surface area contributed by atoms with Crippen LogP contribution in [-0.2, 0) is 4.57 Å². The van der Waals surface area contributed by atoms with Gasteiger partial charge in [0.1, 0.15) is 5.78 Å². The van der Waals surface area contributed by atoms with Gasteiger partial charge in [0, 0.05) is 0 Å². The van der Waals surface area contributed by atoms with Crippen molar-refractivity contribution in [3.63, 3.8) is 0 Å². The first-order chi connectivity index (χ1) is 2.94. The zero-order valence-electron chi connectivity index (χ0n) is 3.90. The van der Waals surface area contributed by atoms with Crippen LogP contribution in [0.15, 0.2) is 0 Å². The van der Waals surface area contributed by atoms with E-state index in [1.54, 1.807) is 0 Å². The van der Waals surface area contributed by atoms with Crippen molar-refractivity contribution in [3.8, 4) is 0 Å². The van der Waals surface area contributed by atoms with Gasteiger partial charge in [0.05, 0.1) is 0 Å². The Morgan fingerprint density at radius 2 is 1.75 bits per heavy atom. The van der Waals surface area contributed by atoms with Gasteiger partial charge < -0.3 is 15.5 Å². The Hall–Kier alpha value is 1.11. The van der Waals surface area contributed by atoms with Gasteiger partial charge in [-0.2, -0.15) is 0 Å². The van der Waals surface area contributed by atoms with Crippen LogP contribution in [0.4, 0.5) is 0 Å². The zero-order valence-corrected chi connectivity index (χ0v) is 4.80.